The molecular weight excluding hydrogens is 342 g/mol. The van der Waals surface area contributed by atoms with Crippen LogP contribution in [0.3, 0.4) is 0 Å². The fraction of sp³-hybridized carbons (Fsp3) is 0.368. The Morgan fingerprint density at radius 2 is 2.15 bits per heavy atom. The van der Waals surface area contributed by atoms with E-state index in [1.54, 1.807) is 16.5 Å². The lowest BCUT2D eigenvalue weighted by atomic mass is 10.1. The monoisotopic (exact) mass is 365 g/mol. The van der Waals surface area contributed by atoms with Gasteiger partial charge in [0.05, 0.1) is 5.69 Å². The number of nitrogens with one attached hydrogen (secondary N) is 1. The molecule has 4 rings (SSSR count). The van der Waals surface area contributed by atoms with Crippen LogP contribution in [0.1, 0.15) is 29.6 Å². The Labute approximate surface area is 157 Å². The third-order valence-electron chi connectivity index (χ3n) is 5.20. The first-order valence-electron chi connectivity index (χ1n) is 9.17. The molecule has 8 heteroatoms. The Morgan fingerprint density at radius 1 is 1.33 bits per heavy atom. The maximum Gasteiger partial charge on any atom is 0.251 e. The van der Waals surface area contributed by atoms with E-state index in [9.17, 15) is 4.79 Å². The SMILES string of the molecule is CN1CCCC1CCNC(=O)c1ccc(-c2cc3nncn3c(N)n2)cc1. The molecule has 3 N–H and O–H groups in total. The number of fused-ring (bicyclic) bond motifs is 1. The van der Waals surface area contributed by atoms with Gasteiger partial charge in [-0.05, 0) is 45.0 Å². The highest BCUT2D eigenvalue weighted by atomic mass is 16.1. The van der Waals surface area contributed by atoms with Crippen LogP contribution < -0.4 is 11.1 Å². The zero-order chi connectivity index (χ0) is 18.8. The van der Waals surface area contributed by atoms with E-state index in [4.69, 9.17) is 5.73 Å². The Bertz CT molecular complexity index is 950. The highest BCUT2D eigenvalue weighted by Gasteiger charge is 2.20. The van der Waals surface area contributed by atoms with Gasteiger partial charge in [0.2, 0.25) is 5.95 Å². The molecule has 1 amide bonds. The highest BCUT2D eigenvalue weighted by Crippen LogP contribution is 2.21. The zero-order valence-electron chi connectivity index (χ0n) is 15.3. The smallest absolute Gasteiger partial charge is 0.251 e. The van der Waals surface area contributed by atoms with Crippen molar-refractivity contribution in [2.24, 2.45) is 0 Å². The number of carbonyl (C=O) groups excluding carboxylic acids is 1. The number of likely N-dealkylation sites (tertiary alicyclic amines) is 1. The summed E-state index contributed by atoms with van der Waals surface area (Å²) in [5.41, 5.74) is 8.78. The number of nitrogens with two attached hydrogens (primary N) is 1. The third kappa shape index (κ3) is 3.61. The summed E-state index contributed by atoms with van der Waals surface area (Å²) in [5.74, 6) is 0.272. The average molecular weight is 365 g/mol. The third-order valence-corrected chi connectivity index (χ3v) is 5.20. The molecule has 1 atom stereocenters. The molecule has 0 bridgehead atoms. The molecule has 3 heterocycles. The van der Waals surface area contributed by atoms with Crippen LogP contribution in [-0.2, 0) is 0 Å². The number of nitrogens with zero attached hydrogens (tertiary/aromatic N) is 5. The van der Waals surface area contributed by atoms with Crippen LogP contribution in [0.25, 0.3) is 16.9 Å². The van der Waals surface area contributed by atoms with Gasteiger partial charge in [-0.25, -0.2) is 4.98 Å². The van der Waals surface area contributed by atoms with Gasteiger partial charge in [0.1, 0.15) is 6.33 Å². The van der Waals surface area contributed by atoms with Crippen molar-refractivity contribution in [3.63, 3.8) is 0 Å². The van der Waals surface area contributed by atoms with E-state index < -0.39 is 0 Å². The number of nitrogen functional groups attached to an aromatic ring is 1. The fourth-order valence-electron chi connectivity index (χ4n) is 3.59. The lowest BCUT2D eigenvalue weighted by Gasteiger charge is -2.19. The molecule has 0 aliphatic carbocycles. The van der Waals surface area contributed by atoms with E-state index in [-0.39, 0.29) is 5.91 Å². The predicted octanol–water partition coefficient (Wildman–Crippen LogP) is 1.59. The van der Waals surface area contributed by atoms with E-state index in [1.807, 2.05) is 18.2 Å². The van der Waals surface area contributed by atoms with Crippen molar-refractivity contribution in [3.8, 4) is 11.3 Å². The molecule has 2 aromatic heterocycles. The predicted molar refractivity (Wildman–Crippen MR) is 103 cm³/mol. The molecule has 1 unspecified atom stereocenters. The van der Waals surface area contributed by atoms with Crippen molar-refractivity contribution >= 4 is 17.5 Å². The first-order valence-corrected chi connectivity index (χ1v) is 9.17. The molecular formula is C19H23N7O. The molecule has 27 heavy (non-hydrogen) atoms. The molecule has 8 nitrogen and oxygen atoms in total. The molecule has 3 aromatic rings. The summed E-state index contributed by atoms with van der Waals surface area (Å²) in [6, 6.07) is 9.74. The van der Waals surface area contributed by atoms with Crippen molar-refractivity contribution in [1.29, 1.82) is 0 Å². The number of anilines is 1. The molecule has 0 saturated carbocycles. The average Bonchev–Trinajstić information content (AvgIpc) is 3.31. The summed E-state index contributed by atoms with van der Waals surface area (Å²) in [4.78, 5) is 19.1. The number of aromatic nitrogens is 4. The van der Waals surface area contributed by atoms with E-state index in [0.717, 1.165) is 18.5 Å². The number of benzene rings is 1. The van der Waals surface area contributed by atoms with Crippen molar-refractivity contribution in [2.75, 3.05) is 25.9 Å². The van der Waals surface area contributed by atoms with Gasteiger partial charge in [-0.3, -0.25) is 9.20 Å². The number of hydrogen-bond acceptors (Lipinski definition) is 6. The number of rotatable bonds is 5. The number of hydrogen-bond donors (Lipinski definition) is 2. The molecule has 1 saturated heterocycles. The van der Waals surface area contributed by atoms with E-state index >= 15 is 0 Å². The van der Waals surface area contributed by atoms with Gasteiger partial charge in [0, 0.05) is 29.8 Å². The van der Waals surface area contributed by atoms with E-state index in [0.29, 0.717) is 35.4 Å². The van der Waals surface area contributed by atoms with Gasteiger partial charge in [0.25, 0.3) is 5.91 Å². The van der Waals surface area contributed by atoms with Gasteiger partial charge in [-0.2, -0.15) is 0 Å². The lowest BCUT2D eigenvalue weighted by molar-refractivity contribution is 0.0950. The standard InChI is InChI=1S/C19H23N7O/c1-25-10-2-3-15(25)8-9-21-18(27)14-6-4-13(5-7-14)16-11-17-24-22-12-26(17)19(20)23-16/h4-7,11-12,15H,2-3,8-10H2,1H3,(H2,20,23)(H,21,27). The van der Waals surface area contributed by atoms with Crippen LogP contribution in [0.15, 0.2) is 36.7 Å². The topological polar surface area (TPSA) is 101 Å². The Kier molecular flexibility index (Phi) is 4.72. The zero-order valence-corrected chi connectivity index (χ0v) is 15.3. The summed E-state index contributed by atoms with van der Waals surface area (Å²) in [6.45, 7) is 1.84. The second kappa shape index (κ2) is 7.32. The first-order chi connectivity index (χ1) is 13.1. The van der Waals surface area contributed by atoms with Gasteiger partial charge in [-0.1, -0.05) is 12.1 Å². The summed E-state index contributed by atoms with van der Waals surface area (Å²) >= 11 is 0. The van der Waals surface area contributed by atoms with Gasteiger partial charge < -0.3 is 16.0 Å². The minimum Gasteiger partial charge on any atom is -0.369 e. The maximum absolute atomic E-state index is 12.4. The van der Waals surface area contributed by atoms with Crippen molar-refractivity contribution < 1.29 is 4.79 Å². The summed E-state index contributed by atoms with van der Waals surface area (Å²) < 4.78 is 1.62. The minimum atomic E-state index is -0.0532. The Morgan fingerprint density at radius 3 is 2.89 bits per heavy atom. The second-order valence-corrected chi connectivity index (χ2v) is 6.96. The molecule has 0 radical (unpaired) electrons. The molecule has 1 aromatic carbocycles. The normalized spacial score (nSPS) is 17.4. The second-order valence-electron chi connectivity index (χ2n) is 6.96. The minimum absolute atomic E-state index is 0.0532. The van der Waals surface area contributed by atoms with Crippen molar-refractivity contribution in [3.05, 3.63) is 42.2 Å². The van der Waals surface area contributed by atoms with E-state index in [1.165, 1.54) is 19.2 Å². The highest BCUT2D eigenvalue weighted by molar-refractivity contribution is 5.94. The summed E-state index contributed by atoms with van der Waals surface area (Å²) in [6.07, 6.45) is 4.98. The van der Waals surface area contributed by atoms with E-state index in [2.05, 4.69) is 32.4 Å². The quantitative estimate of drug-likeness (QED) is 0.712. The van der Waals surface area contributed by atoms with Crippen LogP contribution in [0.5, 0.6) is 0 Å². The largest absolute Gasteiger partial charge is 0.369 e. The van der Waals surface area contributed by atoms with Crippen LogP contribution >= 0.6 is 0 Å². The maximum atomic E-state index is 12.4. The Balaban J connectivity index is 1.41. The molecule has 1 aliphatic heterocycles. The van der Waals surface area contributed by atoms with Crippen molar-refractivity contribution in [2.45, 2.75) is 25.3 Å². The van der Waals surface area contributed by atoms with Gasteiger partial charge in [-0.15, -0.1) is 10.2 Å². The molecule has 140 valence electrons. The van der Waals surface area contributed by atoms with Crippen LogP contribution in [-0.4, -0.2) is 56.6 Å². The number of amides is 1. The van der Waals surface area contributed by atoms with Crippen LogP contribution in [0, 0.1) is 0 Å². The van der Waals surface area contributed by atoms with Crippen molar-refractivity contribution in [1.82, 2.24) is 29.8 Å². The fourth-order valence-corrected chi connectivity index (χ4v) is 3.59. The van der Waals surface area contributed by atoms with Crippen LogP contribution in [0.4, 0.5) is 5.95 Å². The van der Waals surface area contributed by atoms with Gasteiger partial charge >= 0.3 is 0 Å². The summed E-state index contributed by atoms with van der Waals surface area (Å²) in [7, 11) is 2.15. The van der Waals surface area contributed by atoms with Crippen LogP contribution in [0.2, 0.25) is 0 Å². The summed E-state index contributed by atoms with van der Waals surface area (Å²) in [5, 5.41) is 10.9. The first kappa shape index (κ1) is 17.4. The molecule has 1 fully saturated rings. The number of carbonyl (C=O) groups is 1. The lowest BCUT2D eigenvalue weighted by Crippen LogP contribution is -2.31. The Hall–Kier alpha value is -3.00. The molecule has 1 aliphatic rings. The molecule has 0 spiro atoms. The van der Waals surface area contributed by atoms with Gasteiger partial charge in [0.15, 0.2) is 5.65 Å².